The lowest BCUT2D eigenvalue weighted by Crippen LogP contribution is -2.14. The van der Waals surface area contributed by atoms with Crippen LogP contribution in [0.1, 0.15) is 31.4 Å². The van der Waals surface area contributed by atoms with Crippen LogP contribution in [0.25, 0.3) is 0 Å². The van der Waals surface area contributed by atoms with Crippen molar-refractivity contribution in [3.63, 3.8) is 0 Å². The first kappa shape index (κ1) is 13.5. The predicted molar refractivity (Wildman–Crippen MR) is 74.0 cm³/mol. The largest absolute Gasteiger partial charge is 0.381 e. The summed E-state index contributed by atoms with van der Waals surface area (Å²) in [5.41, 5.74) is 1.07. The molecule has 5 heteroatoms. The monoisotopic (exact) mass is 261 g/mol. The van der Waals surface area contributed by atoms with E-state index in [0.717, 1.165) is 31.7 Å². The van der Waals surface area contributed by atoms with Gasteiger partial charge in [0.05, 0.1) is 0 Å². The van der Waals surface area contributed by atoms with Gasteiger partial charge in [0, 0.05) is 37.0 Å². The molecule has 19 heavy (non-hydrogen) atoms. The zero-order valence-electron chi connectivity index (χ0n) is 11.1. The highest BCUT2D eigenvalue weighted by molar-refractivity contribution is 5.98. The smallest absolute Gasteiger partial charge is 0.249 e. The van der Waals surface area contributed by atoms with E-state index in [1.54, 1.807) is 12.2 Å². The minimum absolute atomic E-state index is 0.178. The van der Waals surface area contributed by atoms with E-state index >= 15 is 0 Å². The minimum atomic E-state index is -0.178. The van der Waals surface area contributed by atoms with Gasteiger partial charge in [-0.25, -0.2) is 0 Å². The van der Waals surface area contributed by atoms with Crippen LogP contribution in [0.5, 0.6) is 0 Å². The number of rotatable bonds is 4. The Morgan fingerprint density at radius 2 is 2.26 bits per heavy atom. The van der Waals surface area contributed by atoms with Gasteiger partial charge in [-0.1, -0.05) is 18.2 Å². The number of aromatic amines is 1. The average molecular weight is 261 g/mol. The summed E-state index contributed by atoms with van der Waals surface area (Å²) in [5, 5.41) is 9.83. The Hall–Kier alpha value is -1.88. The third kappa shape index (κ3) is 4.06. The molecule has 1 saturated heterocycles. The summed E-state index contributed by atoms with van der Waals surface area (Å²) < 4.78 is 5.33. The van der Waals surface area contributed by atoms with Crippen LogP contribution in [0.3, 0.4) is 0 Å². The first-order chi connectivity index (χ1) is 9.29. The number of ether oxygens (including phenoxy) is 1. The molecule has 0 saturated carbocycles. The second-order valence-corrected chi connectivity index (χ2v) is 4.47. The van der Waals surface area contributed by atoms with Crippen molar-refractivity contribution in [2.45, 2.75) is 25.7 Å². The molecule has 0 aliphatic carbocycles. The van der Waals surface area contributed by atoms with Crippen molar-refractivity contribution in [3.05, 3.63) is 36.1 Å². The molecule has 1 fully saturated rings. The van der Waals surface area contributed by atoms with Gasteiger partial charge >= 0.3 is 0 Å². The first-order valence-electron chi connectivity index (χ1n) is 6.53. The molecule has 0 spiro atoms. The first-order valence-corrected chi connectivity index (χ1v) is 6.53. The van der Waals surface area contributed by atoms with E-state index in [1.165, 1.54) is 6.08 Å². The number of aromatic nitrogens is 2. The van der Waals surface area contributed by atoms with Crippen LogP contribution in [0, 0.1) is 0 Å². The van der Waals surface area contributed by atoms with Crippen molar-refractivity contribution in [2.24, 2.45) is 0 Å². The number of carbonyl (C=O) groups excluding carboxylic acids is 1. The van der Waals surface area contributed by atoms with E-state index in [9.17, 15) is 4.79 Å². The number of allylic oxidation sites excluding steroid dienone is 3. The predicted octanol–water partition coefficient (Wildman–Crippen LogP) is 2.37. The van der Waals surface area contributed by atoms with Gasteiger partial charge in [-0.2, -0.15) is 5.10 Å². The molecule has 2 N–H and O–H groups in total. The summed E-state index contributed by atoms with van der Waals surface area (Å²) in [6.07, 6.45) is 8.83. The maximum Gasteiger partial charge on any atom is 0.249 e. The molecule has 0 aromatic carbocycles. The SMILES string of the molecule is CC=CC=CC(=O)Nc1cc(C2CCOCC2)[nH]n1. The number of nitrogens with zero attached hydrogens (tertiary/aromatic N) is 1. The summed E-state index contributed by atoms with van der Waals surface area (Å²) in [4.78, 5) is 11.6. The van der Waals surface area contributed by atoms with Crippen LogP contribution in [-0.4, -0.2) is 29.3 Å². The third-order valence-electron chi connectivity index (χ3n) is 3.06. The van der Waals surface area contributed by atoms with Gasteiger partial charge < -0.3 is 10.1 Å². The van der Waals surface area contributed by atoms with Crippen LogP contribution in [0.2, 0.25) is 0 Å². The van der Waals surface area contributed by atoms with Gasteiger partial charge in [-0.3, -0.25) is 9.89 Å². The number of carbonyl (C=O) groups is 1. The van der Waals surface area contributed by atoms with Gasteiger partial charge in [0.25, 0.3) is 0 Å². The molecule has 0 unspecified atom stereocenters. The molecule has 1 aromatic rings. The molecule has 0 bridgehead atoms. The molecule has 2 heterocycles. The van der Waals surface area contributed by atoms with Crippen molar-refractivity contribution in [1.82, 2.24) is 10.2 Å². The van der Waals surface area contributed by atoms with Crippen LogP contribution in [0.4, 0.5) is 5.82 Å². The third-order valence-corrected chi connectivity index (χ3v) is 3.06. The zero-order chi connectivity index (χ0) is 13.5. The number of nitrogens with one attached hydrogen (secondary N) is 2. The molecule has 0 radical (unpaired) electrons. The van der Waals surface area contributed by atoms with Crippen LogP contribution in [-0.2, 0) is 9.53 Å². The molecular formula is C14H19N3O2. The Labute approximate surface area is 112 Å². The molecule has 102 valence electrons. The fourth-order valence-electron chi connectivity index (χ4n) is 2.04. The highest BCUT2D eigenvalue weighted by atomic mass is 16.5. The van der Waals surface area contributed by atoms with Crippen molar-refractivity contribution in [1.29, 1.82) is 0 Å². The van der Waals surface area contributed by atoms with Crippen molar-refractivity contribution >= 4 is 11.7 Å². The lowest BCUT2D eigenvalue weighted by Gasteiger charge is -2.20. The zero-order valence-corrected chi connectivity index (χ0v) is 11.1. The van der Waals surface area contributed by atoms with E-state index in [-0.39, 0.29) is 5.91 Å². The summed E-state index contributed by atoms with van der Waals surface area (Å²) in [5.74, 6) is 0.838. The molecule has 0 atom stereocenters. The van der Waals surface area contributed by atoms with Crippen LogP contribution >= 0.6 is 0 Å². The number of anilines is 1. The van der Waals surface area contributed by atoms with Gasteiger partial charge in [0.15, 0.2) is 5.82 Å². The fourth-order valence-corrected chi connectivity index (χ4v) is 2.04. The van der Waals surface area contributed by atoms with Gasteiger partial charge in [0.1, 0.15) is 0 Å². The molecule has 1 aromatic heterocycles. The Morgan fingerprint density at radius 1 is 1.47 bits per heavy atom. The summed E-state index contributed by atoms with van der Waals surface area (Å²) in [6.45, 7) is 3.48. The lowest BCUT2D eigenvalue weighted by molar-refractivity contribution is -0.111. The Balaban J connectivity index is 1.91. The maximum atomic E-state index is 11.6. The minimum Gasteiger partial charge on any atom is -0.381 e. The van der Waals surface area contributed by atoms with Crippen molar-refractivity contribution < 1.29 is 9.53 Å². The lowest BCUT2D eigenvalue weighted by atomic mass is 9.97. The Kier molecular flexibility index (Phi) is 4.92. The van der Waals surface area contributed by atoms with Crippen LogP contribution < -0.4 is 5.32 Å². The Morgan fingerprint density at radius 3 is 3.00 bits per heavy atom. The van der Waals surface area contributed by atoms with E-state index in [2.05, 4.69) is 15.5 Å². The normalized spacial score (nSPS) is 17.3. The highest BCUT2D eigenvalue weighted by Gasteiger charge is 2.18. The van der Waals surface area contributed by atoms with Crippen molar-refractivity contribution in [3.8, 4) is 0 Å². The molecule has 1 aliphatic heterocycles. The highest BCUT2D eigenvalue weighted by Crippen LogP contribution is 2.26. The fraction of sp³-hybridized carbons (Fsp3) is 0.429. The molecule has 5 nitrogen and oxygen atoms in total. The van der Waals surface area contributed by atoms with Crippen LogP contribution in [0.15, 0.2) is 30.4 Å². The second-order valence-electron chi connectivity index (χ2n) is 4.47. The topological polar surface area (TPSA) is 67.0 Å². The van der Waals surface area contributed by atoms with E-state index < -0.39 is 0 Å². The molecule has 1 amide bonds. The molecule has 1 aliphatic rings. The summed E-state index contributed by atoms with van der Waals surface area (Å²) >= 11 is 0. The second kappa shape index (κ2) is 6.89. The van der Waals surface area contributed by atoms with Crippen molar-refractivity contribution in [2.75, 3.05) is 18.5 Å². The quantitative estimate of drug-likeness (QED) is 0.646. The number of H-pyrrole nitrogens is 1. The number of amides is 1. The van der Waals surface area contributed by atoms with Gasteiger partial charge in [0.2, 0.25) is 5.91 Å². The van der Waals surface area contributed by atoms with E-state index in [0.29, 0.717) is 11.7 Å². The Bertz CT molecular complexity index is 471. The average Bonchev–Trinajstić information content (AvgIpc) is 2.88. The molecular weight excluding hydrogens is 242 g/mol. The summed E-state index contributed by atoms with van der Waals surface area (Å²) in [7, 11) is 0. The maximum absolute atomic E-state index is 11.6. The van der Waals surface area contributed by atoms with Gasteiger partial charge in [-0.05, 0) is 19.8 Å². The van der Waals surface area contributed by atoms with E-state index in [4.69, 9.17) is 4.74 Å². The summed E-state index contributed by atoms with van der Waals surface area (Å²) in [6, 6.07) is 1.90. The van der Waals surface area contributed by atoms with Gasteiger partial charge in [-0.15, -0.1) is 0 Å². The number of hydrogen-bond acceptors (Lipinski definition) is 3. The van der Waals surface area contributed by atoms with E-state index in [1.807, 2.05) is 19.1 Å². The number of hydrogen-bond donors (Lipinski definition) is 2. The molecule has 2 rings (SSSR count). The standard InChI is InChI=1S/C14H19N3O2/c1-2-3-4-5-14(18)15-13-10-12(16-17-13)11-6-8-19-9-7-11/h2-5,10-11H,6-9H2,1H3,(H2,15,16,17,18).